The molecule has 0 aromatic rings. The third-order valence-electron chi connectivity index (χ3n) is 0.726. The van der Waals surface area contributed by atoms with Gasteiger partial charge in [-0.2, -0.15) is 0 Å². The molecule has 6 heteroatoms. The van der Waals surface area contributed by atoms with Crippen molar-refractivity contribution in [1.29, 1.82) is 0 Å². The van der Waals surface area contributed by atoms with Gasteiger partial charge in [0, 0.05) is 0 Å². The zero-order chi connectivity index (χ0) is 6.78. The number of rotatable bonds is 2. The molecule has 0 aliphatic rings. The molecule has 44 valence electrons. The molecule has 1 unspecified atom stereocenters. The average molecular weight is 195 g/mol. The molecule has 0 heterocycles. The molecule has 0 fully saturated rings. The van der Waals surface area contributed by atoms with Gasteiger partial charge in [-0.25, -0.2) is 0 Å². The number of hydrogen-bond donors (Lipinski definition) is 1. The Morgan fingerprint density at radius 3 is 2.12 bits per heavy atom. The van der Waals surface area contributed by atoms with Crippen LogP contribution in [-0.4, -0.2) is 39.9 Å². The molecule has 0 aliphatic carbocycles. The van der Waals surface area contributed by atoms with E-state index in [-0.39, 0.29) is 5.33 Å². The topological polar surface area (TPSA) is 54.4 Å². The van der Waals surface area contributed by atoms with E-state index in [2.05, 4.69) is 15.9 Å². The summed E-state index contributed by atoms with van der Waals surface area (Å²) in [5, 5.41) is 0.270. The molecule has 8 heavy (non-hydrogen) atoms. The van der Waals surface area contributed by atoms with Crippen LogP contribution in [0.2, 0.25) is 0 Å². The normalized spacial score (nSPS) is 16.0. The molecule has 0 aromatic carbocycles. The third-order valence-corrected chi connectivity index (χ3v) is 3.31. The van der Waals surface area contributed by atoms with Crippen molar-refractivity contribution in [1.82, 2.24) is 0 Å². The monoisotopic (exact) mass is 194 g/mol. The molecule has 1 atom stereocenters. The van der Waals surface area contributed by atoms with Crippen molar-refractivity contribution in [3.63, 3.8) is 0 Å². The molecule has 0 aromatic heterocycles. The first-order chi connectivity index (χ1) is 3.48. The summed E-state index contributed by atoms with van der Waals surface area (Å²) >= 11 is 4.33. The van der Waals surface area contributed by atoms with Gasteiger partial charge in [-0.1, -0.05) is 0 Å². The van der Waals surface area contributed by atoms with Crippen molar-refractivity contribution >= 4 is 43.8 Å². The Balaban J connectivity index is 4.04. The first-order valence-corrected chi connectivity index (χ1v) is 4.63. The van der Waals surface area contributed by atoms with Crippen molar-refractivity contribution in [3.05, 3.63) is 0 Å². The fraction of sp³-hybridized carbons (Fsp3) is 1.00. The predicted molar refractivity (Wildman–Crippen MR) is 34.9 cm³/mol. The van der Waals surface area contributed by atoms with Crippen molar-refractivity contribution < 1.29 is 13.0 Å². The molecule has 0 aliphatic heterocycles. The van der Waals surface area contributed by atoms with Crippen LogP contribution in [-0.2, 0) is 10.1 Å². The van der Waals surface area contributed by atoms with E-state index in [0.717, 1.165) is 0 Å². The molecule has 0 rings (SSSR count). The van der Waals surface area contributed by atoms with Gasteiger partial charge in [-0.3, -0.25) is 0 Å². The van der Waals surface area contributed by atoms with Crippen molar-refractivity contribution in [2.45, 2.75) is 3.92 Å². The Morgan fingerprint density at radius 1 is 1.75 bits per heavy atom. The molecule has 0 amide bonds. The second-order valence-electron chi connectivity index (χ2n) is 1.48. The minimum atomic E-state index is -3.80. The Labute approximate surface area is 65.9 Å². The maximum absolute atomic E-state index is 10.1. The Hall–Kier alpha value is 0.987. The van der Waals surface area contributed by atoms with Crippen molar-refractivity contribution in [3.8, 4) is 0 Å². The fourth-order valence-electron chi connectivity index (χ4n) is 0.0796. The molecular formula is C2H4BrLiO3S. The molecule has 0 spiro atoms. The summed E-state index contributed by atoms with van der Waals surface area (Å²) in [5.41, 5.74) is 0. The molecule has 1 N–H and O–H groups in total. The second kappa shape index (κ2) is 3.23. The van der Waals surface area contributed by atoms with Crippen LogP contribution in [0.15, 0.2) is 0 Å². The van der Waals surface area contributed by atoms with Gasteiger partial charge >= 0.3 is 66.0 Å². The SMILES string of the molecule is [Li][CH](CBr)S(=O)(=O)O. The first-order valence-electron chi connectivity index (χ1n) is 2.00. The number of halogens is 1. The molecule has 3 nitrogen and oxygen atoms in total. The number of hydrogen-bond acceptors (Lipinski definition) is 2. The van der Waals surface area contributed by atoms with E-state index in [4.69, 9.17) is 4.55 Å². The number of alkyl halides is 1. The zero-order valence-electron chi connectivity index (χ0n) is 4.33. The van der Waals surface area contributed by atoms with Crippen LogP contribution < -0.4 is 0 Å². The van der Waals surface area contributed by atoms with E-state index in [9.17, 15) is 8.42 Å². The summed E-state index contributed by atoms with van der Waals surface area (Å²) in [6.07, 6.45) is 0. The molecule has 0 saturated carbocycles. The van der Waals surface area contributed by atoms with E-state index in [1.807, 2.05) is 0 Å². The molecule has 0 radical (unpaired) electrons. The first kappa shape index (κ1) is 8.99. The van der Waals surface area contributed by atoms with Gasteiger partial charge in [0.2, 0.25) is 0 Å². The average Bonchev–Trinajstić information content (AvgIpc) is 1.62. The minimum absolute atomic E-state index is 0.270. The maximum atomic E-state index is 10.1. The molecule has 0 bridgehead atoms. The van der Waals surface area contributed by atoms with Gasteiger partial charge in [0.05, 0.1) is 0 Å². The van der Waals surface area contributed by atoms with Crippen LogP contribution in [0.1, 0.15) is 0 Å². The molecule has 0 saturated heterocycles. The van der Waals surface area contributed by atoms with Crippen molar-refractivity contribution in [2.75, 3.05) is 5.33 Å². The van der Waals surface area contributed by atoms with Gasteiger partial charge in [-0.05, 0) is 0 Å². The van der Waals surface area contributed by atoms with Gasteiger partial charge in [0.25, 0.3) is 0 Å². The van der Waals surface area contributed by atoms with Crippen LogP contribution >= 0.6 is 15.9 Å². The van der Waals surface area contributed by atoms with Gasteiger partial charge in [-0.15, -0.1) is 0 Å². The summed E-state index contributed by atoms with van der Waals surface area (Å²) in [6, 6.07) is 0. The summed E-state index contributed by atoms with van der Waals surface area (Å²) < 4.78 is 27.7. The zero-order valence-corrected chi connectivity index (χ0v) is 6.74. The van der Waals surface area contributed by atoms with Crippen LogP contribution in [0, 0.1) is 0 Å². The van der Waals surface area contributed by atoms with E-state index in [1.165, 1.54) is 17.7 Å². The standard InChI is InChI=1S/C2H4BrO3S.Li/c3-1-2-7(4,5)6;/h2H,1H2,(H,4,5,6);. The van der Waals surface area contributed by atoms with Gasteiger partial charge in [0.1, 0.15) is 0 Å². The summed E-state index contributed by atoms with van der Waals surface area (Å²) in [7, 11) is -3.80. The van der Waals surface area contributed by atoms with Crippen molar-refractivity contribution in [2.24, 2.45) is 0 Å². The Kier molecular flexibility index (Phi) is 3.63. The fourth-order valence-corrected chi connectivity index (χ4v) is 1.24. The van der Waals surface area contributed by atoms with Crippen LogP contribution in [0.25, 0.3) is 0 Å². The van der Waals surface area contributed by atoms with E-state index in [1.54, 1.807) is 0 Å². The summed E-state index contributed by atoms with van der Waals surface area (Å²) in [6.45, 7) is 0. The van der Waals surface area contributed by atoms with E-state index >= 15 is 0 Å². The summed E-state index contributed by atoms with van der Waals surface area (Å²) in [5.74, 6) is 0. The van der Waals surface area contributed by atoms with E-state index in [0.29, 0.717) is 0 Å². The quantitative estimate of drug-likeness (QED) is 0.376. The second-order valence-corrected chi connectivity index (χ2v) is 3.96. The Morgan fingerprint density at radius 2 is 2.12 bits per heavy atom. The predicted octanol–water partition coefficient (Wildman–Crippen LogP) is -0.236. The van der Waals surface area contributed by atoms with Crippen LogP contribution in [0.3, 0.4) is 0 Å². The van der Waals surface area contributed by atoms with E-state index < -0.39 is 14.0 Å². The van der Waals surface area contributed by atoms with Gasteiger partial charge < -0.3 is 0 Å². The Bertz CT molecular complexity index is 153. The van der Waals surface area contributed by atoms with Crippen LogP contribution in [0.4, 0.5) is 0 Å². The molecular weight excluding hydrogens is 191 g/mol. The van der Waals surface area contributed by atoms with Crippen LogP contribution in [0.5, 0.6) is 0 Å². The van der Waals surface area contributed by atoms with Gasteiger partial charge in [0.15, 0.2) is 0 Å². The third kappa shape index (κ3) is 3.10. The summed E-state index contributed by atoms with van der Waals surface area (Å²) in [4.78, 5) is 0.